The highest BCUT2D eigenvalue weighted by atomic mass is 16.7. The molecule has 1 saturated heterocycles. The average molecular weight is 387 g/mol. The van der Waals surface area contributed by atoms with Gasteiger partial charge in [0.25, 0.3) is 5.79 Å². The van der Waals surface area contributed by atoms with Crippen LogP contribution in [0.5, 0.6) is 0 Å². The number of ether oxygens (including phenoxy) is 3. The largest absolute Gasteiger partial charge is 0.465 e. The molecule has 0 spiro atoms. The molecule has 0 saturated carbocycles. The van der Waals surface area contributed by atoms with Crippen LogP contribution in [0.15, 0.2) is 34.7 Å². The number of esters is 1. The number of carbonyl (C=O) groups is 1. The van der Waals surface area contributed by atoms with Gasteiger partial charge in [-0.2, -0.15) is 0 Å². The second-order valence-electron chi connectivity index (χ2n) is 7.22. The number of carbonyl (C=O) groups excluding carboxylic acids is 1. The van der Waals surface area contributed by atoms with Crippen molar-refractivity contribution in [3.8, 4) is 11.5 Å². The van der Waals surface area contributed by atoms with Gasteiger partial charge in [0.05, 0.1) is 26.0 Å². The van der Waals surface area contributed by atoms with Crippen molar-refractivity contribution >= 4 is 5.97 Å². The van der Waals surface area contributed by atoms with Crippen molar-refractivity contribution in [1.82, 2.24) is 4.98 Å². The third-order valence-corrected chi connectivity index (χ3v) is 5.26. The molecule has 1 aromatic carbocycles. The van der Waals surface area contributed by atoms with Crippen LogP contribution in [0.4, 0.5) is 0 Å². The van der Waals surface area contributed by atoms with Gasteiger partial charge in [0.15, 0.2) is 0 Å². The Kier molecular flexibility index (Phi) is 6.86. The topological polar surface area (TPSA) is 70.8 Å². The lowest BCUT2D eigenvalue weighted by Gasteiger charge is -2.37. The predicted molar refractivity (Wildman–Crippen MR) is 105 cm³/mol. The maximum absolute atomic E-state index is 11.9. The minimum Gasteiger partial charge on any atom is -0.465 e. The Morgan fingerprint density at radius 3 is 2.57 bits per heavy atom. The van der Waals surface area contributed by atoms with Gasteiger partial charge in [-0.3, -0.25) is 0 Å². The Hall–Kier alpha value is -2.18. The molecule has 2 heterocycles. The predicted octanol–water partition coefficient (Wildman–Crippen LogP) is 4.31. The molecular weight excluding hydrogens is 358 g/mol. The minimum atomic E-state index is -1.23. The zero-order chi connectivity index (χ0) is 20.0. The lowest BCUT2D eigenvalue weighted by atomic mass is 10.0. The van der Waals surface area contributed by atoms with Crippen LogP contribution in [-0.4, -0.2) is 37.1 Å². The highest BCUT2D eigenvalue weighted by Crippen LogP contribution is 2.29. The monoisotopic (exact) mass is 387 g/mol. The highest BCUT2D eigenvalue weighted by molar-refractivity contribution is 5.77. The molecule has 1 aliphatic rings. The minimum absolute atomic E-state index is 0.294. The molecule has 0 bridgehead atoms. The molecule has 6 nitrogen and oxygen atoms in total. The molecule has 0 amide bonds. The molecule has 152 valence electrons. The van der Waals surface area contributed by atoms with Crippen LogP contribution in [0.25, 0.3) is 11.5 Å². The van der Waals surface area contributed by atoms with Gasteiger partial charge in [0.2, 0.25) is 5.89 Å². The summed E-state index contributed by atoms with van der Waals surface area (Å²) in [7, 11) is 1.35. The van der Waals surface area contributed by atoms with E-state index in [9.17, 15) is 4.79 Å². The molecule has 3 rings (SSSR count). The highest BCUT2D eigenvalue weighted by Gasteiger charge is 2.44. The summed E-state index contributed by atoms with van der Waals surface area (Å²) in [4.78, 5) is 16.5. The molecule has 1 fully saturated rings. The normalized spacial score (nSPS) is 22.2. The molecule has 28 heavy (non-hydrogen) atoms. The summed E-state index contributed by atoms with van der Waals surface area (Å²) in [5, 5.41) is 0. The first-order valence-electron chi connectivity index (χ1n) is 9.96. The van der Waals surface area contributed by atoms with Crippen LogP contribution >= 0.6 is 0 Å². The summed E-state index contributed by atoms with van der Waals surface area (Å²) < 4.78 is 22.1. The summed E-state index contributed by atoms with van der Waals surface area (Å²) in [6.07, 6.45) is 4.39. The van der Waals surface area contributed by atoms with Crippen LogP contribution in [0.2, 0.25) is 0 Å². The summed E-state index contributed by atoms with van der Waals surface area (Å²) in [5.74, 6) is 0.179. The van der Waals surface area contributed by atoms with Gasteiger partial charge < -0.3 is 18.6 Å². The molecule has 0 N–H and O–H groups in total. The average Bonchev–Trinajstić information content (AvgIpc) is 3.12. The zero-order valence-corrected chi connectivity index (χ0v) is 16.9. The second kappa shape index (κ2) is 9.34. The van der Waals surface area contributed by atoms with E-state index < -0.39 is 11.8 Å². The van der Waals surface area contributed by atoms with Gasteiger partial charge in [-0.1, -0.05) is 31.5 Å². The van der Waals surface area contributed by atoms with E-state index in [1.165, 1.54) is 7.11 Å². The Bertz CT molecular complexity index is 762. The number of hydrogen-bond acceptors (Lipinski definition) is 6. The van der Waals surface area contributed by atoms with Crippen molar-refractivity contribution in [3.63, 3.8) is 0 Å². The van der Waals surface area contributed by atoms with Crippen molar-refractivity contribution < 1.29 is 23.4 Å². The number of aryl methyl sites for hydroxylation is 2. The number of methoxy groups -OCH3 is 1. The van der Waals surface area contributed by atoms with E-state index in [1.54, 1.807) is 0 Å². The number of oxazole rings is 1. The van der Waals surface area contributed by atoms with Gasteiger partial charge in [-0.25, -0.2) is 9.78 Å². The van der Waals surface area contributed by atoms with Crippen molar-refractivity contribution in [2.75, 3.05) is 20.3 Å². The van der Waals surface area contributed by atoms with Crippen molar-refractivity contribution in [1.29, 1.82) is 0 Å². The molecular formula is C22H29NO5. The number of benzene rings is 1. The van der Waals surface area contributed by atoms with E-state index in [4.69, 9.17) is 18.6 Å². The first-order chi connectivity index (χ1) is 13.6. The van der Waals surface area contributed by atoms with E-state index in [-0.39, 0.29) is 0 Å². The Morgan fingerprint density at radius 2 is 1.93 bits per heavy atom. The lowest BCUT2D eigenvalue weighted by molar-refractivity contribution is -0.281. The van der Waals surface area contributed by atoms with E-state index in [1.807, 2.05) is 44.2 Å². The number of aromatic nitrogens is 1. The standard InChI is InChI=1S/C22H29NO5/c1-4-22(21(24)25-3)26-14-17(15-27-22)10-8-9-13-19-16(2)28-20(23-19)18-11-6-5-7-12-18/h5-7,11-12,17H,4,8-10,13-15H2,1-3H3. The van der Waals surface area contributed by atoms with Crippen LogP contribution < -0.4 is 0 Å². The van der Waals surface area contributed by atoms with Gasteiger partial charge in [0.1, 0.15) is 5.76 Å². The molecule has 1 aromatic heterocycles. The van der Waals surface area contributed by atoms with Crippen molar-refractivity contribution in [2.45, 2.75) is 51.7 Å². The van der Waals surface area contributed by atoms with E-state index in [0.29, 0.717) is 31.4 Å². The maximum Gasteiger partial charge on any atom is 0.366 e. The second-order valence-corrected chi connectivity index (χ2v) is 7.22. The number of nitrogens with zero attached hydrogens (tertiary/aromatic N) is 1. The molecule has 1 aliphatic heterocycles. The fourth-order valence-corrected chi connectivity index (χ4v) is 3.47. The molecule has 6 heteroatoms. The lowest BCUT2D eigenvalue weighted by Crippen LogP contribution is -2.50. The number of rotatable bonds is 8. The molecule has 2 aromatic rings. The van der Waals surface area contributed by atoms with Crippen LogP contribution in [-0.2, 0) is 25.4 Å². The number of hydrogen-bond donors (Lipinski definition) is 0. The summed E-state index contributed by atoms with van der Waals surface area (Å²) >= 11 is 0. The Labute approximate surface area is 166 Å². The van der Waals surface area contributed by atoms with E-state index >= 15 is 0 Å². The third-order valence-electron chi connectivity index (χ3n) is 5.26. The van der Waals surface area contributed by atoms with E-state index in [0.717, 1.165) is 42.7 Å². The molecule has 0 atom stereocenters. The van der Waals surface area contributed by atoms with E-state index in [2.05, 4.69) is 4.98 Å². The first kappa shape index (κ1) is 20.6. The Morgan fingerprint density at radius 1 is 1.21 bits per heavy atom. The summed E-state index contributed by atoms with van der Waals surface area (Å²) in [5.41, 5.74) is 2.02. The maximum atomic E-state index is 11.9. The number of unbranched alkanes of at least 4 members (excludes halogenated alkanes) is 1. The van der Waals surface area contributed by atoms with Crippen molar-refractivity contribution in [3.05, 3.63) is 41.8 Å². The zero-order valence-electron chi connectivity index (χ0n) is 16.9. The van der Waals surface area contributed by atoms with Crippen LogP contribution in [0, 0.1) is 12.8 Å². The third kappa shape index (κ3) is 4.62. The van der Waals surface area contributed by atoms with Gasteiger partial charge in [0, 0.05) is 17.9 Å². The molecule has 0 radical (unpaired) electrons. The molecule has 0 unspecified atom stereocenters. The fourth-order valence-electron chi connectivity index (χ4n) is 3.47. The van der Waals surface area contributed by atoms with Gasteiger partial charge in [-0.05, 0) is 38.3 Å². The van der Waals surface area contributed by atoms with Crippen LogP contribution in [0.1, 0.15) is 44.1 Å². The van der Waals surface area contributed by atoms with Gasteiger partial charge in [-0.15, -0.1) is 0 Å². The van der Waals surface area contributed by atoms with Crippen LogP contribution in [0.3, 0.4) is 0 Å². The fraction of sp³-hybridized carbons (Fsp3) is 0.545. The Balaban J connectivity index is 1.43. The smallest absolute Gasteiger partial charge is 0.366 e. The summed E-state index contributed by atoms with van der Waals surface area (Å²) in [6, 6.07) is 9.95. The first-order valence-corrected chi connectivity index (χ1v) is 9.96. The van der Waals surface area contributed by atoms with Crippen molar-refractivity contribution in [2.24, 2.45) is 5.92 Å². The quantitative estimate of drug-likeness (QED) is 0.497. The SMILES string of the molecule is CCC1(C(=O)OC)OCC(CCCCc2nc(-c3ccccc3)oc2C)CO1. The van der Waals surface area contributed by atoms with Gasteiger partial charge >= 0.3 is 5.97 Å². The summed E-state index contributed by atoms with van der Waals surface area (Å²) in [6.45, 7) is 4.87. The molecule has 0 aliphatic carbocycles.